The van der Waals surface area contributed by atoms with E-state index in [1.165, 1.54) is 12.1 Å². The van der Waals surface area contributed by atoms with Crippen molar-refractivity contribution < 1.29 is 13.6 Å². The summed E-state index contributed by atoms with van der Waals surface area (Å²) in [6.07, 6.45) is 0.0210. The van der Waals surface area contributed by atoms with E-state index < -0.39 is 17.2 Å². The molecule has 0 saturated carbocycles. The van der Waals surface area contributed by atoms with Crippen molar-refractivity contribution in [1.82, 2.24) is 0 Å². The molecule has 0 aliphatic rings. The summed E-state index contributed by atoms with van der Waals surface area (Å²) in [6.45, 7) is 3.43. The van der Waals surface area contributed by atoms with Gasteiger partial charge in [-0.15, -0.1) is 0 Å². The minimum atomic E-state index is -0.953. The molecule has 2 N–H and O–H groups in total. The fraction of sp³-hybridized carbons (Fsp3) is 0.417. The van der Waals surface area contributed by atoms with Crippen molar-refractivity contribution in [2.24, 2.45) is 5.73 Å². The molecule has 1 aromatic carbocycles. The molecule has 1 rings (SSSR count). The first kappa shape index (κ1) is 12.8. The number of carbonyl (C=O) groups is 1. The van der Waals surface area contributed by atoms with E-state index in [-0.39, 0.29) is 24.2 Å². The summed E-state index contributed by atoms with van der Waals surface area (Å²) in [5, 5.41) is 0. The standard InChI is InChI=1S/C12H15F2NO/c1-12(2,15)7-9(16)6-8-4-3-5-10(13)11(8)14/h3-5H,6-7,15H2,1-2H3. The minimum Gasteiger partial charge on any atom is -0.325 e. The van der Waals surface area contributed by atoms with Crippen LogP contribution in [0.1, 0.15) is 25.8 Å². The van der Waals surface area contributed by atoms with Gasteiger partial charge in [-0.2, -0.15) is 0 Å². The molecule has 0 unspecified atom stereocenters. The molecule has 0 fully saturated rings. The van der Waals surface area contributed by atoms with Gasteiger partial charge in [-0.3, -0.25) is 4.79 Å². The molecule has 0 radical (unpaired) electrons. The van der Waals surface area contributed by atoms with Gasteiger partial charge in [0.05, 0.1) is 0 Å². The van der Waals surface area contributed by atoms with Gasteiger partial charge in [0.15, 0.2) is 11.6 Å². The Morgan fingerprint density at radius 2 is 2.00 bits per heavy atom. The molecular formula is C12H15F2NO. The number of nitrogens with two attached hydrogens (primary N) is 1. The highest BCUT2D eigenvalue weighted by Crippen LogP contribution is 2.14. The maximum Gasteiger partial charge on any atom is 0.162 e. The lowest BCUT2D eigenvalue weighted by Gasteiger charge is -2.17. The summed E-state index contributed by atoms with van der Waals surface area (Å²) in [7, 11) is 0. The number of Topliss-reactive ketones (excluding diaryl/α,β-unsaturated/α-hetero) is 1. The average molecular weight is 227 g/mol. The summed E-state index contributed by atoms with van der Waals surface area (Å²) in [6, 6.07) is 3.81. The normalized spacial score (nSPS) is 11.6. The molecule has 0 bridgehead atoms. The molecule has 0 saturated heterocycles. The largest absolute Gasteiger partial charge is 0.325 e. The van der Waals surface area contributed by atoms with Crippen LogP contribution < -0.4 is 5.73 Å². The summed E-state index contributed by atoms with van der Waals surface area (Å²) >= 11 is 0. The summed E-state index contributed by atoms with van der Waals surface area (Å²) in [5.41, 5.74) is 5.12. The van der Waals surface area contributed by atoms with Crippen LogP contribution in [0.15, 0.2) is 18.2 Å². The average Bonchev–Trinajstić information content (AvgIpc) is 2.09. The fourth-order valence-corrected chi connectivity index (χ4v) is 1.47. The second-order valence-corrected chi connectivity index (χ2v) is 4.59. The van der Waals surface area contributed by atoms with Gasteiger partial charge >= 0.3 is 0 Å². The Labute approximate surface area is 93.5 Å². The smallest absolute Gasteiger partial charge is 0.162 e. The maximum atomic E-state index is 13.2. The predicted molar refractivity (Wildman–Crippen MR) is 58.0 cm³/mol. The van der Waals surface area contributed by atoms with Crippen molar-refractivity contribution in [2.75, 3.05) is 0 Å². The van der Waals surface area contributed by atoms with E-state index in [1.54, 1.807) is 13.8 Å². The van der Waals surface area contributed by atoms with Crippen LogP contribution >= 0.6 is 0 Å². The molecule has 2 nitrogen and oxygen atoms in total. The van der Waals surface area contributed by atoms with Crippen molar-refractivity contribution in [2.45, 2.75) is 32.2 Å². The van der Waals surface area contributed by atoms with Crippen LogP contribution in [0, 0.1) is 11.6 Å². The molecule has 0 aliphatic heterocycles. The SMILES string of the molecule is CC(C)(N)CC(=O)Cc1cccc(F)c1F. The van der Waals surface area contributed by atoms with Gasteiger partial charge in [0.25, 0.3) is 0 Å². The van der Waals surface area contributed by atoms with Gasteiger partial charge in [-0.05, 0) is 25.5 Å². The van der Waals surface area contributed by atoms with Crippen molar-refractivity contribution in [1.29, 1.82) is 0 Å². The third-order valence-electron chi connectivity index (χ3n) is 2.07. The van der Waals surface area contributed by atoms with E-state index in [9.17, 15) is 13.6 Å². The first-order chi connectivity index (χ1) is 7.29. The lowest BCUT2D eigenvalue weighted by molar-refractivity contribution is -0.119. The molecule has 16 heavy (non-hydrogen) atoms. The highest BCUT2D eigenvalue weighted by atomic mass is 19.2. The molecule has 4 heteroatoms. The maximum absolute atomic E-state index is 13.2. The van der Waals surface area contributed by atoms with E-state index in [0.29, 0.717) is 0 Å². The van der Waals surface area contributed by atoms with Crippen LogP contribution in [0.4, 0.5) is 8.78 Å². The highest BCUT2D eigenvalue weighted by Gasteiger charge is 2.18. The van der Waals surface area contributed by atoms with E-state index in [4.69, 9.17) is 5.73 Å². The third kappa shape index (κ3) is 3.70. The number of rotatable bonds is 4. The van der Waals surface area contributed by atoms with Gasteiger partial charge in [-0.1, -0.05) is 12.1 Å². The molecule has 0 aromatic heterocycles. The molecular weight excluding hydrogens is 212 g/mol. The topological polar surface area (TPSA) is 43.1 Å². The summed E-state index contributed by atoms with van der Waals surface area (Å²) < 4.78 is 26.1. The quantitative estimate of drug-likeness (QED) is 0.856. The van der Waals surface area contributed by atoms with E-state index in [0.717, 1.165) is 6.07 Å². The summed E-state index contributed by atoms with van der Waals surface area (Å²) in [4.78, 5) is 11.5. The Kier molecular flexibility index (Phi) is 3.75. The van der Waals surface area contributed by atoms with Crippen LogP contribution in [0.5, 0.6) is 0 Å². The van der Waals surface area contributed by atoms with E-state index in [1.807, 2.05) is 0 Å². The Balaban J connectivity index is 2.74. The van der Waals surface area contributed by atoms with Gasteiger partial charge in [-0.25, -0.2) is 8.78 Å². The van der Waals surface area contributed by atoms with E-state index >= 15 is 0 Å². The molecule has 0 spiro atoms. The summed E-state index contributed by atoms with van der Waals surface area (Å²) in [5.74, 6) is -2.08. The molecule has 1 aromatic rings. The second-order valence-electron chi connectivity index (χ2n) is 4.59. The number of hydrogen-bond acceptors (Lipinski definition) is 2. The van der Waals surface area contributed by atoms with Crippen molar-refractivity contribution >= 4 is 5.78 Å². The zero-order valence-electron chi connectivity index (χ0n) is 9.39. The Morgan fingerprint density at radius 1 is 1.38 bits per heavy atom. The molecule has 0 aliphatic carbocycles. The van der Waals surface area contributed by atoms with Crippen LogP contribution in [-0.2, 0) is 11.2 Å². The van der Waals surface area contributed by atoms with Crippen LogP contribution in [-0.4, -0.2) is 11.3 Å². The molecule has 0 heterocycles. The molecule has 0 amide bonds. The van der Waals surface area contributed by atoms with Gasteiger partial charge in [0.1, 0.15) is 5.78 Å². The first-order valence-corrected chi connectivity index (χ1v) is 5.03. The lowest BCUT2D eigenvalue weighted by Crippen LogP contribution is -2.35. The second kappa shape index (κ2) is 4.70. The Hall–Kier alpha value is -1.29. The number of benzene rings is 1. The number of hydrogen-bond donors (Lipinski definition) is 1. The van der Waals surface area contributed by atoms with Crippen LogP contribution in [0.25, 0.3) is 0 Å². The highest BCUT2D eigenvalue weighted by molar-refractivity contribution is 5.81. The zero-order chi connectivity index (χ0) is 12.3. The van der Waals surface area contributed by atoms with Crippen LogP contribution in [0.2, 0.25) is 0 Å². The minimum absolute atomic E-state index is 0.0780. The number of ketones is 1. The number of halogens is 2. The predicted octanol–water partition coefficient (Wildman–Crippen LogP) is 2.20. The van der Waals surface area contributed by atoms with Crippen LogP contribution in [0.3, 0.4) is 0 Å². The van der Waals surface area contributed by atoms with Gasteiger partial charge < -0.3 is 5.73 Å². The zero-order valence-corrected chi connectivity index (χ0v) is 9.39. The van der Waals surface area contributed by atoms with Gasteiger partial charge in [0.2, 0.25) is 0 Å². The molecule has 88 valence electrons. The van der Waals surface area contributed by atoms with Crippen molar-refractivity contribution in [3.63, 3.8) is 0 Å². The van der Waals surface area contributed by atoms with Crippen molar-refractivity contribution in [3.8, 4) is 0 Å². The third-order valence-corrected chi connectivity index (χ3v) is 2.07. The fourth-order valence-electron chi connectivity index (χ4n) is 1.47. The van der Waals surface area contributed by atoms with Crippen molar-refractivity contribution in [3.05, 3.63) is 35.4 Å². The lowest BCUT2D eigenvalue weighted by atomic mass is 9.95. The Bertz CT molecular complexity index is 396. The number of carbonyl (C=O) groups excluding carboxylic acids is 1. The first-order valence-electron chi connectivity index (χ1n) is 5.03. The molecule has 0 atom stereocenters. The Morgan fingerprint density at radius 3 is 2.56 bits per heavy atom. The van der Waals surface area contributed by atoms with Gasteiger partial charge in [0, 0.05) is 18.4 Å². The van der Waals surface area contributed by atoms with E-state index in [2.05, 4.69) is 0 Å². The monoisotopic (exact) mass is 227 g/mol.